The summed E-state index contributed by atoms with van der Waals surface area (Å²) < 4.78 is 37.4. The van der Waals surface area contributed by atoms with Gasteiger partial charge >= 0.3 is 0 Å². The van der Waals surface area contributed by atoms with Crippen LogP contribution in [-0.4, -0.2) is 31.8 Å². The van der Waals surface area contributed by atoms with Gasteiger partial charge in [-0.25, -0.2) is 8.42 Å². The Morgan fingerprint density at radius 1 is 1.25 bits per heavy atom. The maximum atomic E-state index is 12.1. The predicted octanol–water partition coefficient (Wildman–Crippen LogP) is 0.564. The number of benzene rings is 1. The van der Waals surface area contributed by atoms with Crippen molar-refractivity contribution in [1.82, 2.24) is 10.2 Å². The molecule has 8 nitrogen and oxygen atoms in total. The molecule has 0 fully saturated rings. The highest BCUT2D eigenvalue weighted by molar-refractivity contribution is 7.92. The number of aromatic amines is 1. The smallest absolute Gasteiger partial charge is 0.267 e. The zero-order valence-electron chi connectivity index (χ0n) is 10.3. The molecule has 1 aliphatic heterocycles. The van der Waals surface area contributed by atoms with Crippen molar-refractivity contribution in [3.63, 3.8) is 0 Å². The van der Waals surface area contributed by atoms with Crippen molar-refractivity contribution in [2.24, 2.45) is 0 Å². The van der Waals surface area contributed by atoms with Crippen molar-refractivity contribution in [2.75, 3.05) is 23.7 Å². The van der Waals surface area contributed by atoms with Crippen LogP contribution in [0.25, 0.3) is 0 Å². The summed E-state index contributed by atoms with van der Waals surface area (Å²) in [4.78, 5) is -0.104. The van der Waals surface area contributed by atoms with E-state index in [1.54, 1.807) is 18.2 Å². The Morgan fingerprint density at radius 2 is 2.00 bits per heavy atom. The molecule has 3 rings (SSSR count). The molecule has 0 radical (unpaired) electrons. The molecule has 0 unspecified atom stereocenters. The maximum Gasteiger partial charge on any atom is 0.267 e. The summed E-state index contributed by atoms with van der Waals surface area (Å²) in [6, 6.07) is 4.79. The molecule has 0 bridgehead atoms. The van der Waals surface area contributed by atoms with Gasteiger partial charge in [-0.05, 0) is 12.1 Å². The van der Waals surface area contributed by atoms with Gasteiger partial charge in [0.25, 0.3) is 10.0 Å². The zero-order valence-corrected chi connectivity index (χ0v) is 11.1. The number of fused-ring (bicyclic) bond motifs is 1. The second kappa shape index (κ2) is 4.60. The Morgan fingerprint density at radius 3 is 2.70 bits per heavy atom. The van der Waals surface area contributed by atoms with Gasteiger partial charge in [0.2, 0.25) is 0 Å². The number of nitrogens with zero attached hydrogens (tertiary/aromatic N) is 1. The van der Waals surface area contributed by atoms with Crippen LogP contribution in [-0.2, 0) is 10.0 Å². The molecule has 0 atom stereocenters. The van der Waals surface area contributed by atoms with E-state index in [-0.39, 0.29) is 10.7 Å². The molecule has 106 valence electrons. The molecule has 1 aromatic heterocycles. The lowest BCUT2D eigenvalue weighted by Gasteiger charge is -2.19. The first-order valence-electron chi connectivity index (χ1n) is 5.77. The van der Waals surface area contributed by atoms with Crippen LogP contribution in [0.1, 0.15) is 0 Å². The molecule has 9 heteroatoms. The molecule has 0 aliphatic carbocycles. The van der Waals surface area contributed by atoms with Gasteiger partial charge < -0.3 is 15.2 Å². The summed E-state index contributed by atoms with van der Waals surface area (Å²) in [5.41, 5.74) is 5.87. The molecule has 0 spiro atoms. The number of hydrogen-bond acceptors (Lipinski definition) is 6. The van der Waals surface area contributed by atoms with Crippen LogP contribution < -0.4 is 19.9 Å². The van der Waals surface area contributed by atoms with E-state index in [0.29, 0.717) is 30.4 Å². The average molecular weight is 296 g/mol. The third kappa shape index (κ3) is 2.23. The highest BCUT2D eigenvalue weighted by atomic mass is 32.2. The number of H-pyrrole nitrogens is 1. The number of nitrogen functional groups attached to an aromatic ring is 1. The van der Waals surface area contributed by atoms with E-state index in [9.17, 15) is 8.42 Å². The predicted molar refractivity (Wildman–Crippen MR) is 71.2 cm³/mol. The van der Waals surface area contributed by atoms with E-state index in [0.717, 1.165) is 6.20 Å². The molecule has 4 N–H and O–H groups in total. The Balaban J connectivity index is 1.90. The van der Waals surface area contributed by atoms with E-state index < -0.39 is 10.0 Å². The quantitative estimate of drug-likeness (QED) is 0.761. The number of sulfonamides is 1. The Bertz CT molecular complexity index is 741. The minimum atomic E-state index is -3.79. The Kier molecular flexibility index (Phi) is 2.90. The summed E-state index contributed by atoms with van der Waals surface area (Å²) in [6.45, 7) is 0.904. The fourth-order valence-corrected chi connectivity index (χ4v) is 2.89. The van der Waals surface area contributed by atoms with E-state index in [1.165, 1.54) is 0 Å². The fourth-order valence-electron chi connectivity index (χ4n) is 1.82. The second-order valence-corrected chi connectivity index (χ2v) is 5.76. The lowest BCUT2D eigenvalue weighted by Crippen LogP contribution is -2.17. The van der Waals surface area contributed by atoms with E-state index in [4.69, 9.17) is 15.2 Å². The Labute approximate surface area is 114 Å². The number of nitrogens with one attached hydrogen (secondary N) is 2. The third-order valence-electron chi connectivity index (χ3n) is 2.72. The normalized spacial score (nSPS) is 14.0. The molecule has 0 saturated heterocycles. The number of hydrogen-bond donors (Lipinski definition) is 3. The summed E-state index contributed by atoms with van der Waals surface area (Å²) in [7, 11) is -3.79. The number of ether oxygens (including phenoxy) is 2. The van der Waals surface area contributed by atoms with Crippen molar-refractivity contribution in [2.45, 2.75) is 4.90 Å². The van der Waals surface area contributed by atoms with Gasteiger partial charge in [0.1, 0.15) is 23.9 Å². The van der Waals surface area contributed by atoms with Crippen LogP contribution in [0, 0.1) is 0 Å². The molecular formula is C11H12N4O4S. The summed E-state index contributed by atoms with van der Waals surface area (Å²) in [5, 5.41) is 5.96. The molecule has 20 heavy (non-hydrogen) atoms. The lowest BCUT2D eigenvalue weighted by atomic mass is 10.3. The maximum absolute atomic E-state index is 12.1. The summed E-state index contributed by atoms with van der Waals surface area (Å²) in [6.07, 6.45) is 1.15. The molecule has 1 aliphatic rings. The summed E-state index contributed by atoms with van der Waals surface area (Å²) >= 11 is 0. The van der Waals surface area contributed by atoms with Crippen LogP contribution in [0.3, 0.4) is 0 Å². The van der Waals surface area contributed by atoms with E-state index in [1.807, 2.05) is 0 Å². The van der Waals surface area contributed by atoms with Crippen molar-refractivity contribution < 1.29 is 17.9 Å². The van der Waals surface area contributed by atoms with Crippen LogP contribution >= 0.6 is 0 Å². The van der Waals surface area contributed by atoms with E-state index in [2.05, 4.69) is 14.9 Å². The van der Waals surface area contributed by atoms with Crippen LogP contribution in [0.4, 0.5) is 11.5 Å². The molecular weight excluding hydrogens is 284 g/mol. The van der Waals surface area contributed by atoms with Gasteiger partial charge in [0.05, 0.1) is 11.9 Å². The van der Waals surface area contributed by atoms with Gasteiger partial charge in [-0.1, -0.05) is 0 Å². The SMILES string of the molecule is Nc1[nH]ncc1S(=O)(=O)Nc1ccc2c(c1)OCCO2. The number of aromatic nitrogens is 2. The summed E-state index contributed by atoms with van der Waals surface area (Å²) in [5.74, 6) is 1.06. The highest BCUT2D eigenvalue weighted by Gasteiger charge is 2.20. The standard InChI is InChI=1S/C11H12N4O4S/c12-11-10(6-13-14-11)20(16,17)15-7-1-2-8-9(5-7)19-4-3-18-8/h1-2,5-6,15H,3-4H2,(H3,12,13,14). The fraction of sp³-hybridized carbons (Fsp3) is 0.182. The number of nitrogens with two attached hydrogens (primary N) is 1. The van der Waals surface area contributed by atoms with Gasteiger partial charge in [-0.15, -0.1) is 0 Å². The van der Waals surface area contributed by atoms with Gasteiger partial charge in [0.15, 0.2) is 11.5 Å². The number of anilines is 2. The topological polar surface area (TPSA) is 119 Å². The van der Waals surface area contributed by atoms with Gasteiger partial charge in [-0.2, -0.15) is 5.10 Å². The average Bonchev–Trinajstić information content (AvgIpc) is 2.85. The molecule has 0 amide bonds. The van der Waals surface area contributed by atoms with Gasteiger partial charge in [0, 0.05) is 6.07 Å². The van der Waals surface area contributed by atoms with Gasteiger partial charge in [-0.3, -0.25) is 9.82 Å². The largest absolute Gasteiger partial charge is 0.486 e. The van der Waals surface area contributed by atoms with Crippen LogP contribution in [0.5, 0.6) is 11.5 Å². The van der Waals surface area contributed by atoms with Crippen molar-refractivity contribution >= 4 is 21.5 Å². The first kappa shape index (κ1) is 12.6. The first-order valence-corrected chi connectivity index (χ1v) is 7.26. The molecule has 0 saturated carbocycles. The molecule has 2 aromatic rings. The van der Waals surface area contributed by atoms with Crippen molar-refractivity contribution in [3.8, 4) is 11.5 Å². The highest BCUT2D eigenvalue weighted by Crippen LogP contribution is 2.33. The number of rotatable bonds is 3. The lowest BCUT2D eigenvalue weighted by molar-refractivity contribution is 0.171. The first-order chi connectivity index (χ1) is 9.56. The molecule has 2 heterocycles. The zero-order chi connectivity index (χ0) is 14.2. The van der Waals surface area contributed by atoms with Crippen molar-refractivity contribution in [1.29, 1.82) is 0 Å². The monoisotopic (exact) mass is 296 g/mol. The van der Waals surface area contributed by atoms with E-state index >= 15 is 0 Å². The molecule has 1 aromatic carbocycles. The second-order valence-electron chi connectivity index (χ2n) is 4.11. The van der Waals surface area contributed by atoms with Crippen LogP contribution in [0.2, 0.25) is 0 Å². The van der Waals surface area contributed by atoms with Crippen LogP contribution in [0.15, 0.2) is 29.3 Å². The van der Waals surface area contributed by atoms with Crippen molar-refractivity contribution in [3.05, 3.63) is 24.4 Å². The minimum absolute atomic E-state index is 0.0185. The Hall–Kier alpha value is -2.42. The minimum Gasteiger partial charge on any atom is -0.486 e. The third-order valence-corrected chi connectivity index (χ3v) is 4.12.